The number of amides is 1. The van der Waals surface area contributed by atoms with Crippen molar-refractivity contribution in [2.45, 2.75) is 71.6 Å². The Morgan fingerprint density at radius 2 is 2.26 bits per heavy atom. The molecule has 2 heterocycles. The van der Waals surface area contributed by atoms with Gasteiger partial charge in [0.05, 0.1) is 6.04 Å². The number of rotatable bonds is 4. The van der Waals surface area contributed by atoms with E-state index in [1.54, 1.807) is 6.20 Å². The van der Waals surface area contributed by atoms with Crippen LogP contribution >= 0.6 is 0 Å². The van der Waals surface area contributed by atoms with Crippen molar-refractivity contribution < 1.29 is 9.53 Å². The predicted molar refractivity (Wildman–Crippen MR) is 92.5 cm³/mol. The SMILES string of the molecule is CC[C@@H](C)Nc1ncccc1[C@@H]1CCCN1C(=O)OC(C)(C)C. The molecular formula is C18H29N3O2. The molecule has 0 aromatic carbocycles. The third-order valence-corrected chi connectivity index (χ3v) is 4.07. The van der Waals surface area contributed by atoms with Gasteiger partial charge in [0.15, 0.2) is 0 Å². The van der Waals surface area contributed by atoms with Crippen LogP contribution in [0.15, 0.2) is 18.3 Å². The first-order valence-electron chi connectivity index (χ1n) is 8.53. The van der Waals surface area contributed by atoms with Gasteiger partial charge in [-0.2, -0.15) is 0 Å². The largest absolute Gasteiger partial charge is 0.444 e. The monoisotopic (exact) mass is 319 g/mol. The molecule has 0 radical (unpaired) electrons. The van der Waals surface area contributed by atoms with E-state index >= 15 is 0 Å². The number of hydrogen-bond donors (Lipinski definition) is 1. The molecule has 1 amide bonds. The van der Waals surface area contributed by atoms with Crippen molar-refractivity contribution >= 4 is 11.9 Å². The highest BCUT2D eigenvalue weighted by Crippen LogP contribution is 2.36. The summed E-state index contributed by atoms with van der Waals surface area (Å²) in [5.41, 5.74) is 0.605. The quantitative estimate of drug-likeness (QED) is 0.895. The lowest BCUT2D eigenvalue weighted by molar-refractivity contribution is 0.0225. The van der Waals surface area contributed by atoms with E-state index in [-0.39, 0.29) is 12.1 Å². The maximum absolute atomic E-state index is 12.5. The smallest absolute Gasteiger partial charge is 0.410 e. The summed E-state index contributed by atoms with van der Waals surface area (Å²) in [6, 6.07) is 4.37. The zero-order valence-corrected chi connectivity index (χ0v) is 14.9. The van der Waals surface area contributed by atoms with Gasteiger partial charge in [-0.05, 0) is 53.0 Å². The fourth-order valence-electron chi connectivity index (χ4n) is 2.77. The second kappa shape index (κ2) is 7.20. The summed E-state index contributed by atoms with van der Waals surface area (Å²) in [7, 11) is 0. The highest BCUT2D eigenvalue weighted by Gasteiger charge is 2.34. The van der Waals surface area contributed by atoms with Gasteiger partial charge in [0, 0.05) is 24.3 Å². The Kier molecular flexibility index (Phi) is 5.50. The molecule has 1 aromatic rings. The summed E-state index contributed by atoms with van der Waals surface area (Å²) in [5.74, 6) is 0.877. The van der Waals surface area contributed by atoms with Gasteiger partial charge in [-0.15, -0.1) is 0 Å². The van der Waals surface area contributed by atoms with Crippen LogP contribution in [0.1, 0.15) is 65.5 Å². The zero-order valence-electron chi connectivity index (χ0n) is 14.9. The average Bonchev–Trinajstić information content (AvgIpc) is 2.95. The third-order valence-electron chi connectivity index (χ3n) is 4.07. The molecule has 0 saturated carbocycles. The standard InChI is InChI=1S/C18H29N3O2/c1-6-13(2)20-16-14(9-7-11-19-16)15-10-8-12-21(15)17(22)23-18(3,4)5/h7,9,11,13,15H,6,8,10,12H2,1-5H3,(H,19,20)/t13-,15+/m1/s1. The van der Waals surface area contributed by atoms with E-state index in [0.717, 1.165) is 37.2 Å². The highest BCUT2D eigenvalue weighted by atomic mass is 16.6. The Hall–Kier alpha value is -1.78. The van der Waals surface area contributed by atoms with Gasteiger partial charge in [-0.25, -0.2) is 9.78 Å². The number of anilines is 1. The van der Waals surface area contributed by atoms with Gasteiger partial charge < -0.3 is 15.0 Å². The average molecular weight is 319 g/mol. The number of carbonyl (C=O) groups excluding carboxylic acids is 1. The van der Waals surface area contributed by atoms with E-state index in [0.29, 0.717) is 6.04 Å². The number of pyridine rings is 1. The van der Waals surface area contributed by atoms with Gasteiger partial charge in [-0.1, -0.05) is 13.0 Å². The van der Waals surface area contributed by atoms with Gasteiger partial charge >= 0.3 is 6.09 Å². The molecule has 0 spiro atoms. The maximum atomic E-state index is 12.5. The molecule has 2 atom stereocenters. The summed E-state index contributed by atoms with van der Waals surface area (Å²) < 4.78 is 5.56. The summed E-state index contributed by atoms with van der Waals surface area (Å²) in [4.78, 5) is 18.8. The van der Waals surface area contributed by atoms with Gasteiger partial charge in [0.25, 0.3) is 0 Å². The molecule has 2 rings (SSSR count). The minimum absolute atomic E-state index is 0.0325. The Morgan fingerprint density at radius 1 is 1.52 bits per heavy atom. The fraction of sp³-hybridized carbons (Fsp3) is 0.667. The maximum Gasteiger partial charge on any atom is 0.410 e. The van der Waals surface area contributed by atoms with E-state index in [1.807, 2.05) is 31.7 Å². The molecule has 0 unspecified atom stereocenters. The zero-order chi connectivity index (χ0) is 17.0. The van der Waals surface area contributed by atoms with Crippen molar-refractivity contribution in [2.24, 2.45) is 0 Å². The lowest BCUT2D eigenvalue weighted by Crippen LogP contribution is -2.36. The number of nitrogens with zero attached hydrogens (tertiary/aromatic N) is 2. The minimum atomic E-state index is -0.475. The van der Waals surface area contributed by atoms with E-state index in [4.69, 9.17) is 4.74 Å². The van der Waals surface area contributed by atoms with Crippen molar-refractivity contribution in [2.75, 3.05) is 11.9 Å². The van der Waals surface area contributed by atoms with Crippen LogP contribution in [0.3, 0.4) is 0 Å². The molecule has 1 aliphatic heterocycles. The summed E-state index contributed by atoms with van der Waals surface area (Å²) in [6.45, 7) is 10.7. The lowest BCUT2D eigenvalue weighted by atomic mass is 10.0. The van der Waals surface area contributed by atoms with Crippen molar-refractivity contribution in [3.8, 4) is 0 Å². The number of nitrogens with one attached hydrogen (secondary N) is 1. The van der Waals surface area contributed by atoms with Crippen LogP contribution in [0.25, 0.3) is 0 Å². The molecule has 5 nitrogen and oxygen atoms in total. The normalized spacial score (nSPS) is 19.5. The van der Waals surface area contributed by atoms with E-state index < -0.39 is 5.60 Å². The topological polar surface area (TPSA) is 54.5 Å². The number of ether oxygens (including phenoxy) is 1. The first kappa shape index (κ1) is 17.6. The summed E-state index contributed by atoms with van der Waals surface area (Å²) in [6.07, 6.45) is 4.51. The Labute approximate surface area is 139 Å². The molecule has 1 N–H and O–H groups in total. The molecular weight excluding hydrogens is 290 g/mol. The van der Waals surface area contributed by atoms with Crippen LogP contribution in [0.5, 0.6) is 0 Å². The van der Waals surface area contributed by atoms with Gasteiger partial charge in [-0.3, -0.25) is 0 Å². The molecule has 1 aliphatic rings. The molecule has 1 aromatic heterocycles. The summed E-state index contributed by atoms with van der Waals surface area (Å²) in [5, 5.41) is 3.45. The lowest BCUT2D eigenvalue weighted by Gasteiger charge is -2.29. The van der Waals surface area contributed by atoms with Crippen LogP contribution in [-0.4, -0.2) is 34.2 Å². The van der Waals surface area contributed by atoms with Crippen molar-refractivity contribution in [1.29, 1.82) is 0 Å². The first-order valence-corrected chi connectivity index (χ1v) is 8.53. The first-order chi connectivity index (χ1) is 10.8. The Bertz CT molecular complexity index is 539. The van der Waals surface area contributed by atoms with Crippen LogP contribution < -0.4 is 5.32 Å². The van der Waals surface area contributed by atoms with Gasteiger partial charge in [0.2, 0.25) is 0 Å². The number of carbonyl (C=O) groups is 1. The van der Waals surface area contributed by atoms with Crippen molar-refractivity contribution in [1.82, 2.24) is 9.88 Å². The molecule has 1 fully saturated rings. The molecule has 0 bridgehead atoms. The molecule has 5 heteroatoms. The second-order valence-electron chi connectivity index (χ2n) is 7.23. The van der Waals surface area contributed by atoms with Crippen LogP contribution in [0.2, 0.25) is 0 Å². The Morgan fingerprint density at radius 3 is 2.91 bits per heavy atom. The van der Waals surface area contributed by atoms with Crippen LogP contribution in [0.4, 0.5) is 10.6 Å². The summed E-state index contributed by atoms with van der Waals surface area (Å²) >= 11 is 0. The number of likely N-dealkylation sites (tertiary alicyclic amines) is 1. The fourth-order valence-corrected chi connectivity index (χ4v) is 2.77. The molecule has 0 aliphatic carbocycles. The van der Waals surface area contributed by atoms with Crippen molar-refractivity contribution in [3.63, 3.8) is 0 Å². The molecule has 128 valence electrons. The minimum Gasteiger partial charge on any atom is -0.444 e. The van der Waals surface area contributed by atoms with Crippen LogP contribution in [-0.2, 0) is 4.74 Å². The van der Waals surface area contributed by atoms with Gasteiger partial charge in [0.1, 0.15) is 11.4 Å². The van der Waals surface area contributed by atoms with E-state index in [9.17, 15) is 4.79 Å². The molecule has 23 heavy (non-hydrogen) atoms. The van der Waals surface area contributed by atoms with E-state index in [1.165, 1.54) is 0 Å². The molecule has 1 saturated heterocycles. The predicted octanol–water partition coefficient (Wildman–Crippen LogP) is 4.36. The second-order valence-corrected chi connectivity index (χ2v) is 7.23. The van der Waals surface area contributed by atoms with E-state index in [2.05, 4.69) is 30.2 Å². The number of aromatic nitrogens is 1. The highest BCUT2D eigenvalue weighted by molar-refractivity contribution is 5.70. The number of hydrogen-bond acceptors (Lipinski definition) is 4. The Balaban J connectivity index is 2.21. The van der Waals surface area contributed by atoms with Crippen LogP contribution in [0, 0.1) is 0 Å². The van der Waals surface area contributed by atoms with Crippen molar-refractivity contribution in [3.05, 3.63) is 23.9 Å². The third kappa shape index (κ3) is 4.60.